The standard InChI is InChI=1S/C58H36F3PS/c1-35-30-36(58(59,60)61)32-38(31-35)62(37-26-28-46-44-18-6-12-24-52(44)56(54(46)33-37)48-20-8-2-14-40(48)41-15-3-9-21-49(41)56)63-39-27-29-47-45-19-7-13-25-53(45)57(55(47)34-39)50-22-10-4-16-42(50)43-17-5-11-23-51(43)57/h2-34H,1H3. The van der Waals surface area contributed by atoms with E-state index in [4.69, 9.17) is 0 Å². The van der Waals surface area contributed by atoms with Gasteiger partial charge in [0.1, 0.15) is 0 Å². The fraction of sp³-hybridized carbons (Fsp3) is 0.0690. The van der Waals surface area contributed by atoms with Gasteiger partial charge in [-0.15, -0.1) is 0 Å². The fourth-order valence-corrected chi connectivity index (χ4v) is 16.1. The maximum Gasteiger partial charge on any atom is 0.416 e. The van der Waals surface area contributed by atoms with Crippen molar-refractivity contribution in [2.75, 3.05) is 0 Å². The third-order valence-corrected chi connectivity index (χ3v) is 18.6. The number of benzene rings is 9. The number of hydrogen-bond donors (Lipinski definition) is 0. The highest BCUT2D eigenvalue weighted by molar-refractivity contribution is 8.60. The largest absolute Gasteiger partial charge is 0.416 e. The molecule has 1 atom stereocenters. The normalized spacial score (nSPS) is 15.2. The minimum absolute atomic E-state index is 0.528. The highest BCUT2D eigenvalue weighted by atomic mass is 32.7. The molecule has 0 N–H and O–H groups in total. The number of alkyl halides is 3. The number of hydrogen-bond acceptors (Lipinski definition) is 1. The predicted octanol–water partition coefficient (Wildman–Crippen LogP) is 14.8. The van der Waals surface area contributed by atoms with Crippen molar-refractivity contribution < 1.29 is 13.2 Å². The molecule has 5 heteroatoms. The van der Waals surface area contributed by atoms with E-state index in [0.29, 0.717) is 10.9 Å². The first-order valence-electron chi connectivity index (χ1n) is 21.3. The van der Waals surface area contributed by atoms with Crippen molar-refractivity contribution in [3.8, 4) is 44.5 Å². The molecule has 4 aliphatic rings. The summed E-state index contributed by atoms with van der Waals surface area (Å²) in [6, 6.07) is 70.7. The van der Waals surface area contributed by atoms with E-state index in [2.05, 4.69) is 182 Å². The lowest BCUT2D eigenvalue weighted by Crippen LogP contribution is -2.27. The van der Waals surface area contributed by atoms with Crippen LogP contribution in [0.3, 0.4) is 0 Å². The monoisotopic (exact) mass is 852 g/mol. The Hall–Kier alpha value is -6.45. The molecule has 4 aliphatic carbocycles. The lowest BCUT2D eigenvalue weighted by Gasteiger charge is -2.31. The first-order chi connectivity index (χ1) is 30.8. The molecule has 0 aromatic heterocycles. The van der Waals surface area contributed by atoms with Gasteiger partial charge in [0.15, 0.2) is 0 Å². The summed E-state index contributed by atoms with van der Waals surface area (Å²) in [5.74, 6) is 0. The van der Waals surface area contributed by atoms with Crippen LogP contribution in [0.4, 0.5) is 13.2 Å². The fourth-order valence-electron chi connectivity index (χ4n) is 11.7. The summed E-state index contributed by atoms with van der Waals surface area (Å²) in [5, 5.41) is 1.71. The molecule has 0 nitrogen and oxygen atoms in total. The Labute approximate surface area is 369 Å². The zero-order chi connectivity index (χ0) is 42.2. The van der Waals surface area contributed by atoms with Crippen molar-refractivity contribution in [3.63, 3.8) is 0 Å². The van der Waals surface area contributed by atoms with Crippen LogP contribution in [0.15, 0.2) is 205 Å². The third-order valence-electron chi connectivity index (χ3n) is 14.0. The highest BCUT2D eigenvalue weighted by Crippen LogP contribution is 2.66. The van der Waals surface area contributed by atoms with Crippen molar-refractivity contribution >= 4 is 29.1 Å². The molecule has 2 spiro atoms. The van der Waals surface area contributed by atoms with E-state index in [0.717, 1.165) is 15.8 Å². The van der Waals surface area contributed by atoms with Gasteiger partial charge in [-0.2, -0.15) is 13.2 Å². The van der Waals surface area contributed by atoms with Crippen LogP contribution < -0.4 is 10.6 Å². The van der Waals surface area contributed by atoms with E-state index in [1.165, 1.54) is 95.6 Å². The van der Waals surface area contributed by atoms with Crippen LogP contribution in [0.5, 0.6) is 0 Å². The Morgan fingerprint density at radius 3 is 1.14 bits per heavy atom. The summed E-state index contributed by atoms with van der Waals surface area (Å²) in [6.07, 6.45) is -4.48. The Bertz CT molecular complexity index is 3290. The Kier molecular flexibility index (Phi) is 7.83. The van der Waals surface area contributed by atoms with Gasteiger partial charge >= 0.3 is 6.18 Å². The van der Waals surface area contributed by atoms with Crippen LogP contribution >= 0.6 is 18.5 Å². The van der Waals surface area contributed by atoms with E-state index < -0.39 is 29.7 Å². The molecule has 9 aromatic carbocycles. The second-order valence-electron chi connectivity index (χ2n) is 17.2. The number of aryl methyl sites for hydroxylation is 1. The summed E-state index contributed by atoms with van der Waals surface area (Å²) in [5.41, 5.74) is 18.4. The molecule has 9 aromatic rings. The SMILES string of the molecule is Cc1cc(P(Sc2ccc3c(c2)C2(c4ccccc4-c4ccccc42)c2ccccc2-3)c2ccc3c(c2)C2(c4ccccc4-c4ccccc42)c2ccccc2-3)cc(C(F)(F)F)c1. The Morgan fingerprint density at radius 2 is 0.730 bits per heavy atom. The van der Waals surface area contributed by atoms with Crippen LogP contribution in [0.25, 0.3) is 44.5 Å². The predicted molar refractivity (Wildman–Crippen MR) is 254 cm³/mol. The molecule has 300 valence electrons. The molecular weight excluding hydrogens is 817 g/mol. The summed E-state index contributed by atoms with van der Waals surface area (Å²) >= 11 is 1.70. The van der Waals surface area contributed by atoms with Gasteiger partial charge in [0.2, 0.25) is 0 Å². The van der Waals surface area contributed by atoms with E-state index in [1.807, 2.05) is 6.07 Å². The average molecular weight is 853 g/mol. The smallest absolute Gasteiger partial charge is 0.166 e. The van der Waals surface area contributed by atoms with Crippen LogP contribution in [0.1, 0.15) is 55.6 Å². The van der Waals surface area contributed by atoms with E-state index in [1.54, 1.807) is 18.3 Å². The second-order valence-corrected chi connectivity index (χ2v) is 21.1. The summed E-state index contributed by atoms with van der Waals surface area (Å²) in [4.78, 5) is 1.03. The van der Waals surface area contributed by atoms with Crippen molar-refractivity contribution in [1.29, 1.82) is 0 Å². The molecule has 0 aliphatic heterocycles. The molecule has 0 heterocycles. The lowest BCUT2D eigenvalue weighted by atomic mass is 9.70. The quantitative estimate of drug-likeness (QED) is 0.159. The van der Waals surface area contributed by atoms with Crippen molar-refractivity contribution in [1.82, 2.24) is 0 Å². The van der Waals surface area contributed by atoms with E-state index in [-0.39, 0.29) is 0 Å². The van der Waals surface area contributed by atoms with Gasteiger partial charge in [0, 0.05) is 12.0 Å². The van der Waals surface area contributed by atoms with Gasteiger partial charge in [0.05, 0.1) is 16.4 Å². The molecule has 63 heavy (non-hydrogen) atoms. The number of fused-ring (bicyclic) bond motifs is 20. The lowest BCUT2D eigenvalue weighted by molar-refractivity contribution is -0.137. The molecule has 13 rings (SSSR count). The van der Waals surface area contributed by atoms with Crippen LogP contribution in [0.2, 0.25) is 0 Å². The summed E-state index contributed by atoms with van der Waals surface area (Å²) < 4.78 is 44.2. The van der Waals surface area contributed by atoms with Crippen LogP contribution in [0, 0.1) is 6.92 Å². The van der Waals surface area contributed by atoms with Crippen molar-refractivity contribution in [3.05, 3.63) is 256 Å². The molecule has 0 bridgehead atoms. The molecule has 1 unspecified atom stereocenters. The number of rotatable bonds is 4. The van der Waals surface area contributed by atoms with Crippen LogP contribution in [-0.2, 0) is 17.0 Å². The average Bonchev–Trinajstić information content (AvgIpc) is 3.99. The maximum atomic E-state index is 14.7. The zero-order valence-corrected chi connectivity index (χ0v) is 35.8. The topological polar surface area (TPSA) is 0 Å². The highest BCUT2D eigenvalue weighted by Gasteiger charge is 2.53. The van der Waals surface area contributed by atoms with Crippen molar-refractivity contribution in [2.24, 2.45) is 0 Å². The Morgan fingerprint density at radius 1 is 0.365 bits per heavy atom. The van der Waals surface area contributed by atoms with E-state index >= 15 is 0 Å². The van der Waals surface area contributed by atoms with Gasteiger partial charge < -0.3 is 0 Å². The van der Waals surface area contributed by atoms with Gasteiger partial charge in [-0.3, -0.25) is 0 Å². The molecule has 0 saturated carbocycles. The van der Waals surface area contributed by atoms with Crippen molar-refractivity contribution in [2.45, 2.75) is 28.8 Å². The number of halogens is 3. The first kappa shape index (κ1) is 37.1. The Balaban J connectivity index is 1.04. The first-order valence-corrected chi connectivity index (χ1v) is 24.1. The molecule has 0 radical (unpaired) electrons. The third kappa shape index (κ3) is 4.94. The minimum atomic E-state index is -4.48. The van der Waals surface area contributed by atoms with Gasteiger partial charge in [-0.1, -0.05) is 181 Å². The second kappa shape index (κ2) is 13.3. The molecule has 0 fully saturated rings. The van der Waals surface area contributed by atoms with Crippen LogP contribution in [-0.4, -0.2) is 0 Å². The van der Waals surface area contributed by atoms with Gasteiger partial charge in [-0.25, -0.2) is 0 Å². The van der Waals surface area contributed by atoms with E-state index in [9.17, 15) is 13.2 Å². The molecular formula is C58H36F3PS. The summed E-state index contributed by atoms with van der Waals surface area (Å²) in [6.45, 7) is 1.78. The summed E-state index contributed by atoms with van der Waals surface area (Å²) in [7, 11) is -1.43. The molecule has 0 saturated heterocycles. The molecule has 0 amide bonds. The maximum absolute atomic E-state index is 14.7. The minimum Gasteiger partial charge on any atom is -0.166 e. The van der Waals surface area contributed by atoms with Gasteiger partial charge in [0.25, 0.3) is 0 Å². The zero-order valence-electron chi connectivity index (χ0n) is 34.0. The van der Waals surface area contributed by atoms with Gasteiger partial charge in [-0.05, 0) is 142 Å².